The molecule has 7 nitrogen and oxygen atoms in total. The van der Waals surface area contributed by atoms with Crippen molar-refractivity contribution >= 4 is 33.9 Å². The third kappa shape index (κ3) is 4.85. The maximum atomic E-state index is 13.0. The molecular weight excluding hydrogens is 392 g/mol. The van der Waals surface area contributed by atoms with Crippen LogP contribution in [0, 0.1) is 24.0 Å². The lowest BCUT2D eigenvalue weighted by molar-refractivity contribution is -0.380. The van der Waals surface area contributed by atoms with E-state index in [0.717, 1.165) is 11.1 Å². The maximum Gasteiger partial charge on any atom is 0.349 e. The van der Waals surface area contributed by atoms with Crippen LogP contribution in [0.25, 0.3) is 0 Å². The van der Waals surface area contributed by atoms with Crippen molar-refractivity contribution in [1.82, 2.24) is 0 Å². The molecule has 1 atom stereocenters. The van der Waals surface area contributed by atoms with Gasteiger partial charge in [-0.2, -0.15) is 0 Å². The molecule has 148 valence electrons. The molecule has 0 fully saturated rings. The van der Waals surface area contributed by atoms with Gasteiger partial charge < -0.3 is 10.1 Å². The molecule has 3 rings (SSSR count). The molecule has 1 aromatic heterocycles. The molecule has 1 heterocycles. The second-order valence-corrected chi connectivity index (χ2v) is 7.46. The first-order valence-corrected chi connectivity index (χ1v) is 9.55. The van der Waals surface area contributed by atoms with Crippen LogP contribution in [0.1, 0.15) is 32.5 Å². The highest BCUT2D eigenvalue weighted by molar-refractivity contribution is 7.17. The van der Waals surface area contributed by atoms with Gasteiger partial charge in [-0.3, -0.25) is 14.9 Å². The molecule has 3 aromatic rings. The minimum absolute atomic E-state index is 0.0529. The van der Waals surface area contributed by atoms with Crippen LogP contribution in [0.3, 0.4) is 0 Å². The van der Waals surface area contributed by atoms with Gasteiger partial charge in [-0.05, 0) is 37.1 Å². The van der Waals surface area contributed by atoms with Crippen molar-refractivity contribution in [2.75, 3.05) is 5.32 Å². The Morgan fingerprint density at radius 2 is 1.79 bits per heavy atom. The number of aryl methyl sites for hydroxylation is 2. The topological polar surface area (TPSA) is 98.5 Å². The fourth-order valence-electron chi connectivity index (χ4n) is 2.67. The normalized spacial score (nSPS) is 11.5. The number of thiophene rings is 1. The van der Waals surface area contributed by atoms with E-state index < -0.39 is 22.9 Å². The number of nitrogens with one attached hydrogen (secondary N) is 1. The van der Waals surface area contributed by atoms with Crippen molar-refractivity contribution in [3.63, 3.8) is 0 Å². The van der Waals surface area contributed by atoms with Crippen LogP contribution in [0.2, 0.25) is 0 Å². The van der Waals surface area contributed by atoms with Crippen LogP contribution in [0.4, 0.5) is 10.7 Å². The van der Waals surface area contributed by atoms with Gasteiger partial charge in [-0.15, -0.1) is 0 Å². The number of hydrogen-bond acceptors (Lipinski definition) is 6. The van der Waals surface area contributed by atoms with E-state index in [1.807, 2.05) is 32.0 Å². The molecule has 8 heteroatoms. The molecule has 0 spiro atoms. The average Bonchev–Trinajstić information content (AvgIpc) is 3.20. The van der Waals surface area contributed by atoms with Crippen molar-refractivity contribution in [3.8, 4) is 0 Å². The van der Waals surface area contributed by atoms with E-state index in [9.17, 15) is 19.7 Å². The quantitative estimate of drug-likeness (QED) is 0.357. The van der Waals surface area contributed by atoms with Crippen LogP contribution >= 0.6 is 11.3 Å². The van der Waals surface area contributed by atoms with Crippen molar-refractivity contribution in [3.05, 3.63) is 92.3 Å². The lowest BCUT2D eigenvalue weighted by Crippen LogP contribution is -2.26. The standard InChI is InChI=1S/C21H18N2O5S/c1-13-8-9-14(2)16(12-13)22-20(24)19(15-6-4-3-5-7-15)28-21(25)17-10-11-18(29-17)23(26)27/h3-12,19H,1-2H3,(H,22,24)/t19-/m1/s1. The van der Waals surface area contributed by atoms with Gasteiger partial charge in [0.2, 0.25) is 6.10 Å². The number of hydrogen-bond donors (Lipinski definition) is 1. The molecule has 0 saturated heterocycles. The number of nitro groups is 1. The van der Waals surface area contributed by atoms with Gasteiger partial charge >= 0.3 is 11.0 Å². The minimum atomic E-state index is -1.20. The van der Waals surface area contributed by atoms with Crippen LogP contribution in [-0.2, 0) is 9.53 Å². The van der Waals surface area contributed by atoms with Gasteiger partial charge in [0.15, 0.2) is 0 Å². The van der Waals surface area contributed by atoms with Crippen LogP contribution in [0.15, 0.2) is 60.7 Å². The monoisotopic (exact) mass is 410 g/mol. The van der Waals surface area contributed by atoms with Crippen LogP contribution < -0.4 is 5.32 Å². The Morgan fingerprint density at radius 3 is 2.45 bits per heavy atom. The third-order valence-corrected chi connectivity index (χ3v) is 5.21. The molecule has 0 aliphatic rings. The van der Waals surface area contributed by atoms with Crippen molar-refractivity contribution in [2.24, 2.45) is 0 Å². The lowest BCUT2D eigenvalue weighted by Gasteiger charge is -2.18. The zero-order valence-corrected chi connectivity index (χ0v) is 16.6. The summed E-state index contributed by atoms with van der Waals surface area (Å²) in [4.78, 5) is 35.8. The average molecular weight is 410 g/mol. The van der Waals surface area contributed by atoms with Gasteiger partial charge in [-0.25, -0.2) is 4.79 Å². The largest absolute Gasteiger partial charge is 0.443 e. The smallest absolute Gasteiger partial charge is 0.349 e. The SMILES string of the molecule is Cc1ccc(C)c(NC(=O)[C@H](OC(=O)c2ccc([N+](=O)[O-])s2)c2ccccc2)c1. The minimum Gasteiger partial charge on any atom is -0.443 e. The second kappa shape index (κ2) is 8.66. The summed E-state index contributed by atoms with van der Waals surface area (Å²) >= 11 is 0.701. The Kier molecular flexibility index (Phi) is 6.04. The summed E-state index contributed by atoms with van der Waals surface area (Å²) in [6.45, 7) is 3.77. The number of anilines is 1. The first-order valence-electron chi connectivity index (χ1n) is 8.73. The molecule has 0 aliphatic carbocycles. The number of nitrogens with zero attached hydrogens (tertiary/aromatic N) is 1. The predicted octanol–water partition coefficient (Wildman–Crippen LogP) is 4.81. The van der Waals surface area contributed by atoms with E-state index in [4.69, 9.17) is 4.74 Å². The number of carbonyl (C=O) groups excluding carboxylic acids is 2. The van der Waals surface area contributed by atoms with E-state index >= 15 is 0 Å². The Hall–Kier alpha value is -3.52. The lowest BCUT2D eigenvalue weighted by atomic mass is 10.1. The van der Waals surface area contributed by atoms with Gasteiger partial charge in [0.05, 0.1) is 4.92 Å². The number of benzene rings is 2. The zero-order valence-electron chi connectivity index (χ0n) is 15.7. The number of carbonyl (C=O) groups is 2. The summed E-state index contributed by atoms with van der Waals surface area (Å²) < 4.78 is 5.46. The Balaban J connectivity index is 1.86. The molecule has 0 saturated carbocycles. The highest BCUT2D eigenvalue weighted by atomic mass is 32.1. The van der Waals surface area contributed by atoms with Crippen molar-refractivity contribution in [2.45, 2.75) is 20.0 Å². The molecule has 0 unspecified atom stereocenters. The van der Waals surface area contributed by atoms with Gasteiger partial charge in [-0.1, -0.05) is 53.8 Å². The zero-order chi connectivity index (χ0) is 21.0. The first kappa shape index (κ1) is 20.2. The Morgan fingerprint density at radius 1 is 1.07 bits per heavy atom. The Labute approximate surface area is 171 Å². The highest BCUT2D eigenvalue weighted by Crippen LogP contribution is 2.28. The molecule has 0 radical (unpaired) electrons. The fourth-order valence-corrected chi connectivity index (χ4v) is 3.37. The second-order valence-electron chi connectivity index (χ2n) is 6.40. The highest BCUT2D eigenvalue weighted by Gasteiger charge is 2.27. The fraction of sp³-hybridized carbons (Fsp3) is 0.143. The van der Waals surface area contributed by atoms with E-state index in [1.165, 1.54) is 12.1 Å². The molecule has 0 aliphatic heterocycles. The molecule has 0 bridgehead atoms. The number of rotatable bonds is 6. The first-order chi connectivity index (χ1) is 13.8. The number of amides is 1. The summed E-state index contributed by atoms with van der Waals surface area (Å²) in [5.74, 6) is -1.31. The maximum absolute atomic E-state index is 13.0. The van der Waals surface area contributed by atoms with Crippen molar-refractivity contribution < 1.29 is 19.2 Å². The van der Waals surface area contributed by atoms with Gasteiger partial charge in [0, 0.05) is 17.3 Å². The van der Waals surface area contributed by atoms with E-state index in [-0.39, 0.29) is 9.88 Å². The number of esters is 1. The Bertz CT molecular complexity index is 1060. The predicted molar refractivity (Wildman–Crippen MR) is 110 cm³/mol. The molecule has 1 amide bonds. The molecule has 2 aromatic carbocycles. The number of ether oxygens (including phenoxy) is 1. The third-order valence-electron chi connectivity index (χ3n) is 4.19. The summed E-state index contributed by atoms with van der Waals surface area (Å²) in [6.07, 6.45) is -1.20. The van der Waals surface area contributed by atoms with Gasteiger partial charge in [0.1, 0.15) is 4.88 Å². The molecule has 1 N–H and O–H groups in total. The van der Waals surface area contributed by atoms with Crippen LogP contribution in [-0.4, -0.2) is 16.8 Å². The van der Waals surface area contributed by atoms with E-state index in [2.05, 4.69) is 5.32 Å². The summed E-state index contributed by atoms with van der Waals surface area (Å²) in [5.41, 5.74) is 2.97. The molecular formula is C21H18N2O5S. The summed E-state index contributed by atoms with van der Waals surface area (Å²) in [7, 11) is 0. The van der Waals surface area contributed by atoms with E-state index in [1.54, 1.807) is 30.3 Å². The van der Waals surface area contributed by atoms with Gasteiger partial charge in [0.25, 0.3) is 5.91 Å². The van der Waals surface area contributed by atoms with E-state index in [0.29, 0.717) is 22.6 Å². The summed E-state index contributed by atoms with van der Waals surface area (Å²) in [5, 5.41) is 13.5. The van der Waals surface area contributed by atoms with Crippen LogP contribution in [0.5, 0.6) is 0 Å². The molecule has 29 heavy (non-hydrogen) atoms. The van der Waals surface area contributed by atoms with Crippen molar-refractivity contribution in [1.29, 1.82) is 0 Å². The summed E-state index contributed by atoms with van der Waals surface area (Å²) in [6, 6.07) is 16.8.